The van der Waals surface area contributed by atoms with Crippen LogP contribution in [-0.2, 0) is 9.59 Å². The van der Waals surface area contributed by atoms with Crippen LogP contribution in [0.25, 0.3) is 11.0 Å². The molecule has 2 heterocycles. The highest BCUT2D eigenvalue weighted by Crippen LogP contribution is 2.39. The molecule has 0 spiro atoms. The number of likely N-dealkylation sites (N-methyl/N-ethyl adjacent to an activating group) is 1. The average Bonchev–Trinajstić information content (AvgIpc) is 2.94. The predicted molar refractivity (Wildman–Crippen MR) is 92.5 cm³/mol. The molecular formula is C17H17ClN2O6. The van der Waals surface area contributed by atoms with E-state index in [1.165, 1.54) is 18.2 Å². The number of hydrogen-bond donors (Lipinski definition) is 1. The quantitative estimate of drug-likeness (QED) is 0.864. The number of amides is 2. The summed E-state index contributed by atoms with van der Waals surface area (Å²) in [7, 11) is 0. The second-order valence-electron chi connectivity index (χ2n) is 5.89. The van der Waals surface area contributed by atoms with Crippen molar-refractivity contribution in [2.45, 2.75) is 12.5 Å². The molecule has 0 aliphatic carbocycles. The lowest BCUT2D eigenvalue weighted by atomic mass is 10.0. The molecule has 1 unspecified atom stereocenters. The van der Waals surface area contributed by atoms with Crippen LogP contribution in [0.15, 0.2) is 22.6 Å². The summed E-state index contributed by atoms with van der Waals surface area (Å²) in [6.45, 7) is -7.46. The van der Waals surface area contributed by atoms with E-state index in [2.05, 4.69) is 0 Å². The fourth-order valence-corrected chi connectivity index (χ4v) is 2.77. The first-order valence-electron chi connectivity index (χ1n) is 10.3. The van der Waals surface area contributed by atoms with Gasteiger partial charge < -0.3 is 24.1 Å². The molecule has 1 atom stereocenters. The van der Waals surface area contributed by atoms with Gasteiger partial charge in [0.05, 0.1) is 5.39 Å². The van der Waals surface area contributed by atoms with Crippen LogP contribution in [0.5, 0.6) is 5.75 Å². The molecule has 1 N–H and O–H groups in total. The summed E-state index contributed by atoms with van der Waals surface area (Å²) in [5.41, 5.74) is -1.96. The van der Waals surface area contributed by atoms with E-state index < -0.39 is 56.2 Å². The Morgan fingerprint density at radius 1 is 1.46 bits per heavy atom. The van der Waals surface area contributed by atoms with Gasteiger partial charge in [0, 0.05) is 27.2 Å². The van der Waals surface area contributed by atoms with E-state index >= 15 is 0 Å². The third-order valence-corrected chi connectivity index (χ3v) is 4.38. The highest BCUT2D eigenvalue weighted by atomic mass is 35.5. The monoisotopic (exact) mass is 386 g/mol. The number of carbonyl (C=O) groups excluding carboxylic acids is 2. The lowest BCUT2D eigenvalue weighted by Crippen LogP contribution is -2.59. The van der Waals surface area contributed by atoms with Gasteiger partial charge in [0.1, 0.15) is 18.7 Å². The Bertz CT molecular complexity index is 1100. The Morgan fingerprint density at radius 3 is 2.85 bits per heavy atom. The number of halogens is 1. The molecule has 138 valence electrons. The van der Waals surface area contributed by atoms with Crippen molar-refractivity contribution in [2.75, 3.05) is 27.1 Å². The average molecular weight is 387 g/mol. The molecule has 1 aromatic carbocycles. The van der Waals surface area contributed by atoms with E-state index in [0.29, 0.717) is 9.92 Å². The second kappa shape index (κ2) is 6.21. The van der Waals surface area contributed by atoms with E-state index in [9.17, 15) is 19.5 Å². The Morgan fingerprint density at radius 2 is 2.19 bits per heavy atom. The number of fused-ring (bicyclic) bond motifs is 3. The molecule has 3 rings (SSSR count). The van der Waals surface area contributed by atoms with Gasteiger partial charge in [0.25, 0.3) is 5.91 Å². The predicted octanol–water partition coefficient (Wildman–Crippen LogP) is 1.85. The lowest BCUT2D eigenvalue weighted by molar-refractivity contribution is -0.151. The van der Waals surface area contributed by atoms with Gasteiger partial charge in [-0.15, -0.1) is 0 Å². The van der Waals surface area contributed by atoms with Crippen molar-refractivity contribution in [3.63, 3.8) is 0 Å². The maximum atomic E-state index is 13.3. The number of carbonyl (C=O) groups is 3. The van der Waals surface area contributed by atoms with E-state index in [-0.39, 0.29) is 21.6 Å². The molecule has 1 aliphatic heterocycles. The summed E-state index contributed by atoms with van der Waals surface area (Å²) in [6, 6.07) is 4.39. The van der Waals surface area contributed by atoms with Crippen LogP contribution >= 0.6 is 11.6 Å². The van der Waals surface area contributed by atoms with Crippen LogP contribution in [-0.4, -0.2) is 65.3 Å². The summed E-state index contributed by atoms with van der Waals surface area (Å²) in [4.78, 5) is 38.2. The number of hydrogen-bond acceptors (Lipinski definition) is 5. The summed E-state index contributed by atoms with van der Waals surface area (Å²) in [5.74, 6) is -4.71. The number of carboxylic acids is 1. The molecule has 8 nitrogen and oxygen atoms in total. The fourth-order valence-electron chi connectivity index (χ4n) is 2.60. The van der Waals surface area contributed by atoms with Crippen LogP contribution in [0.4, 0.5) is 0 Å². The molecule has 0 bridgehead atoms. The van der Waals surface area contributed by atoms with Gasteiger partial charge in [-0.3, -0.25) is 9.59 Å². The van der Waals surface area contributed by atoms with Gasteiger partial charge in [0.2, 0.25) is 11.7 Å². The molecular weight excluding hydrogens is 364 g/mol. The highest BCUT2D eigenvalue weighted by molar-refractivity contribution is 6.31. The van der Waals surface area contributed by atoms with Crippen LogP contribution < -0.4 is 4.74 Å². The van der Waals surface area contributed by atoms with E-state index in [4.69, 9.17) is 29.0 Å². The largest absolute Gasteiger partial charge is 0.486 e. The molecule has 26 heavy (non-hydrogen) atoms. The minimum Gasteiger partial charge on any atom is -0.486 e. The molecule has 9 heteroatoms. The lowest BCUT2D eigenvalue weighted by Gasteiger charge is -2.35. The molecule has 0 saturated carbocycles. The Hall–Kier alpha value is -2.74. The van der Waals surface area contributed by atoms with Crippen LogP contribution in [0.1, 0.15) is 25.7 Å². The van der Waals surface area contributed by atoms with Gasteiger partial charge in [-0.1, -0.05) is 11.6 Å². The Balaban J connectivity index is 2.11. The zero-order chi connectivity index (χ0) is 24.2. The molecule has 2 aromatic rings. The highest BCUT2D eigenvalue weighted by Gasteiger charge is 2.49. The third kappa shape index (κ3) is 2.76. The van der Waals surface area contributed by atoms with E-state index in [1.807, 2.05) is 0 Å². The normalized spacial score (nSPS) is 24.1. The van der Waals surface area contributed by atoms with Gasteiger partial charge in [-0.25, -0.2) is 4.79 Å². The number of ether oxygens (including phenoxy) is 1. The van der Waals surface area contributed by atoms with Crippen LogP contribution in [0, 0.1) is 0 Å². The molecule has 2 amide bonds. The van der Waals surface area contributed by atoms with Crippen molar-refractivity contribution < 1.29 is 36.9 Å². The third-order valence-electron chi connectivity index (χ3n) is 4.14. The zero-order valence-electron chi connectivity index (χ0n) is 19.4. The minimum absolute atomic E-state index is 0.0987. The number of aliphatic carboxylic acids is 1. The van der Waals surface area contributed by atoms with Gasteiger partial charge >= 0.3 is 5.97 Å². The standard InChI is InChI=1S/C17H17ClN2O6/c1-17(16(23)24)8-25-13-10-6-9(18)4-5-11(10)26-14(13)15(22)20(17)7-12(21)19(2)3/h4-6H,7-8H2,1-3H3,(H,23,24)/i2D3,3D3. The maximum Gasteiger partial charge on any atom is 0.332 e. The summed E-state index contributed by atoms with van der Waals surface area (Å²) in [5, 5.41) is 10.4. The number of rotatable bonds is 3. The van der Waals surface area contributed by atoms with Gasteiger partial charge in [-0.2, -0.15) is 0 Å². The molecule has 1 aliphatic rings. The number of carboxylic acid groups (broad SMARTS) is 1. The Labute approximate surface area is 162 Å². The maximum absolute atomic E-state index is 13.3. The molecule has 1 aromatic heterocycles. The first-order chi connectivity index (χ1) is 14.6. The number of nitrogens with zero attached hydrogens (tertiary/aromatic N) is 2. The first-order valence-corrected chi connectivity index (χ1v) is 7.68. The summed E-state index contributed by atoms with van der Waals surface area (Å²) in [6.07, 6.45) is 0. The second-order valence-corrected chi connectivity index (χ2v) is 6.33. The topological polar surface area (TPSA) is 100 Å². The fraction of sp³-hybridized carbons (Fsp3) is 0.353. The molecule has 0 radical (unpaired) electrons. The number of benzene rings is 1. The molecule has 0 fully saturated rings. The zero-order valence-corrected chi connectivity index (χ0v) is 14.2. The first kappa shape index (κ1) is 11.8. The van der Waals surface area contributed by atoms with E-state index in [1.54, 1.807) is 0 Å². The SMILES string of the molecule is [2H]C([2H])([2H])N(C(=O)CN1C(=O)c2oc3ccc(Cl)cc3c2OCC1(C)C(=O)O)C([2H])([2H])[2H]. The van der Waals surface area contributed by atoms with Crippen molar-refractivity contribution in [1.29, 1.82) is 0 Å². The van der Waals surface area contributed by atoms with E-state index in [0.717, 1.165) is 6.92 Å². The van der Waals surface area contributed by atoms with Gasteiger partial charge in [-0.05, 0) is 25.1 Å². The van der Waals surface area contributed by atoms with Crippen LogP contribution in [0.2, 0.25) is 5.02 Å². The van der Waals surface area contributed by atoms with Crippen molar-refractivity contribution >= 4 is 40.4 Å². The summed E-state index contributed by atoms with van der Waals surface area (Å²) >= 11 is 5.98. The number of furan rings is 1. The smallest absolute Gasteiger partial charge is 0.332 e. The van der Waals surface area contributed by atoms with Crippen molar-refractivity contribution in [1.82, 2.24) is 9.80 Å². The molecule has 0 saturated heterocycles. The van der Waals surface area contributed by atoms with Crippen molar-refractivity contribution in [2.24, 2.45) is 0 Å². The minimum atomic E-state index is -3.37. The van der Waals surface area contributed by atoms with Crippen molar-refractivity contribution in [3.05, 3.63) is 29.0 Å². The summed E-state index contributed by atoms with van der Waals surface area (Å²) < 4.78 is 55.4. The van der Waals surface area contributed by atoms with Gasteiger partial charge in [0.15, 0.2) is 11.3 Å². The van der Waals surface area contributed by atoms with Crippen molar-refractivity contribution in [3.8, 4) is 5.75 Å². The van der Waals surface area contributed by atoms with Crippen LogP contribution in [0.3, 0.4) is 0 Å². The Kier molecular flexibility index (Phi) is 2.82.